The second-order valence-corrected chi connectivity index (χ2v) is 8.68. The van der Waals surface area contributed by atoms with Crippen molar-refractivity contribution in [1.29, 1.82) is 0 Å². The number of hydrogen-bond donors (Lipinski definition) is 1. The van der Waals surface area contributed by atoms with Crippen LogP contribution in [0.3, 0.4) is 0 Å². The van der Waals surface area contributed by atoms with Gasteiger partial charge >= 0.3 is 0 Å². The van der Waals surface area contributed by atoms with Crippen molar-refractivity contribution in [3.63, 3.8) is 0 Å². The van der Waals surface area contributed by atoms with Crippen LogP contribution >= 0.6 is 0 Å². The standard InChI is InChI=1S/C26H29NO3/c1-26(2)15-24(22-11-7-9-18-8-5-6-10-21(18)22)23-13-12-20(14-25(23)30-26)29-17-19(28)16-27(3)4/h5-15,19,28H,16-17H2,1-4H3. The summed E-state index contributed by atoms with van der Waals surface area (Å²) < 4.78 is 12.1. The summed E-state index contributed by atoms with van der Waals surface area (Å²) in [5.41, 5.74) is 2.97. The van der Waals surface area contributed by atoms with Gasteiger partial charge in [0.05, 0.1) is 0 Å². The zero-order valence-electron chi connectivity index (χ0n) is 18.1. The smallest absolute Gasteiger partial charge is 0.132 e. The van der Waals surface area contributed by atoms with Crippen LogP contribution in [0.25, 0.3) is 16.3 Å². The van der Waals surface area contributed by atoms with Gasteiger partial charge in [-0.05, 0) is 68.1 Å². The Hall–Kier alpha value is -2.82. The zero-order chi connectivity index (χ0) is 21.3. The molecule has 0 bridgehead atoms. The molecule has 0 aliphatic carbocycles. The average molecular weight is 404 g/mol. The van der Waals surface area contributed by atoms with E-state index in [0.717, 1.165) is 16.9 Å². The summed E-state index contributed by atoms with van der Waals surface area (Å²) in [7, 11) is 3.86. The lowest BCUT2D eigenvalue weighted by Gasteiger charge is -2.32. The van der Waals surface area contributed by atoms with Crippen LogP contribution in [0.2, 0.25) is 0 Å². The molecule has 4 nitrogen and oxygen atoms in total. The van der Waals surface area contributed by atoms with Crippen LogP contribution in [0, 0.1) is 0 Å². The summed E-state index contributed by atoms with van der Waals surface area (Å²) in [5, 5.41) is 12.5. The maximum Gasteiger partial charge on any atom is 0.132 e. The Labute approximate surface area is 178 Å². The quantitative estimate of drug-likeness (QED) is 0.645. The van der Waals surface area contributed by atoms with Gasteiger partial charge in [-0.1, -0.05) is 42.5 Å². The average Bonchev–Trinajstić information content (AvgIpc) is 2.70. The molecule has 3 aromatic rings. The minimum atomic E-state index is -0.542. The topological polar surface area (TPSA) is 41.9 Å². The van der Waals surface area contributed by atoms with E-state index in [1.165, 1.54) is 16.3 Å². The highest BCUT2D eigenvalue weighted by molar-refractivity contribution is 5.99. The highest BCUT2D eigenvalue weighted by Gasteiger charge is 2.28. The van der Waals surface area contributed by atoms with E-state index < -0.39 is 11.7 Å². The third-order valence-corrected chi connectivity index (χ3v) is 5.21. The molecule has 0 radical (unpaired) electrons. The molecular formula is C26H29NO3. The Bertz CT molecular complexity index is 1080. The van der Waals surface area contributed by atoms with Crippen molar-refractivity contribution in [2.45, 2.75) is 25.6 Å². The molecule has 0 saturated carbocycles. The lowest BCUT2D eigenvalue weighted by Crippen LogP contribution is -2.31. The number of likely N-dealkylation sites (N-methyl/N-ethyl adjacent to an activating group) is 1. The van der Waals surface area contributed by atoms with Crippen LogP contribution in [-0.2, 0) is 0 Å². The van der Waals surface area contributed by atoms with Gasteiger partial charge in [-0.2, -0.15) is 0 Å². The first-order chi connectivity index (χ1) is 14.3. The third kappa shape index (κ3) is 4.35. The summed E-state index contributed by atoms with van der Waals surface area (Å²) >= 11 is 0. The number of benzene rings is 3. The van der Waals surface area contributed by atoms with Gasteiger partial charge in [0, 0.05) is 18.2 Å². The fraction of sp³-hybridized carbons (Fsp3) is 0.308. The van der Waals surface area contributed by atoms with Crippen molar-refractivity contribution >= 4 is 16.3 Å². The first-order valence-electron chi connectivity index (χ1n) is 10.3. The highest BCUT2D eigenvalue weighted by atomic mass is 16.5. The van der Waals surface area contributed by atoms with E-state index in [-0.39, 0.29) is 6.61 Å². The molecule has 1 atom stereocenters. The predicted octanol–water partition coefficient (Wildman–Crippen LogP) is 4.74. The van der Waals surface area contributed by atoms with Crippen molar-refractivity contribution in [3.05, 3.63) is 77.9 Å². The van der Waals surface area contributed by atoms with Gasteiger partial charge in [0.2, 0.25) is 0 Å². The van der Waals surface area contributed by atoms with Crippen molar-refractivity contribution < 1.29 is 14.6 Å². The Morgan fingerprint density at radius 1 is 1.00 bits per heavy atom. The molecule has 4 heteroatoms. The second-order valence-electron chi connectivity index (χ2n) is 8.68. The van der Waals surface area contributed by atoms with Gasteiger partial charge in [-0.15, -0.1) is 0 Å². The maximum atomic E-state index is 10.1. The second kappa shape index (κ2) is 8.13. The molecule has 1 aliphatic heterocycles. The lowest BCUT2D eigenvalue weighted by atomic mass is 9.87. The van der Waals surface area contributed by atoms with Crippen molar-refractivity contribution in [1.82, 2.24) is 4.90 Å². The minimum Gasteiger partial charge on any atom is -0.491 e. The van der Waals surface area contributed by atoms with Gasteiger partial charge in [0.1, 0.15) is 29.8 Å². The monoisotopic (exact) mass is 403 g/mol. The van der Waals surface area contributed by atoms with Crippen molar-refractivity contribution in [3.8, 4) is 11.5 Å². The van der Waals surface area contributed by atoms with E-state index in [0.29, 0.717) is 12.3 Å². The molecule has 1 aliphatic rings. The first kappa shape index (κ1) is 20.5. The number of rotatable bonds is 6. The van der Waals surface area contributed by atoms with E-state index in [9.17, 15) is 5.11 Å². The third-order valence-electron chi connectivity index (χ3n) is 5.21. The number of fused-ring (bicyclic) bond motifs is 2. The zero-order valence-corrected chi connectivity index (χ0v) is 18.1. The maximum absolute atomic E-state index is 10.1. The Balaban J connectivity index is 1.69. The summed E-state index contributed by atoms with van der Waals surface area (Å²) in [6.45, 7) is 4.93. The van der Waals surface area contributed by atoms with Gasteiger partial charge in [0.25, 0.3) is 0 Å². The number of hydrogen-bond acceptors (Lipinski definition) is 4. The van der Waals surface area contributed by atoms with Crippen LogP contribution in [0.1, 0.15) is 25.0 Å². The summed E-state index contributed by atoms with van der Waals surface area (Å²) in [6, 6.07) is 20.8. The molecule has 1 unspecified atom stereocenters. The van der Waals surface area contributed by atoms with E-state index in [2.05, 4.69) is 62.4 Å². The largest absolute Gasteiger partial charge is 0.491 e. The van der Waals surface area contributed by atoms with Gasteiger partial charge in [0.15, 0.2) is 0 Å². The van der Waals surface area contributed by atoms with Gasteiger partial charge in [-0.25, -0.2) is 0 Å². The molecule has 1 N–H and O–H groups in total. The van der Waals surface area contributed by atoms with Crippen molar-refractivity contribution in [2.75, 3.05) is 27.2 Å². The SMILES string of the molecule is CN(C)CC(O)COc1ccc2c(c1)OC(C)(C)C=C2c1cccc2ccccc12. The molecule has 3 aromatic carbocycles. The molecule has 0 saturated heterocycles. The minimum absolute atomic E-state index is 0.242. The highest BCUT2D eigenvalue weighted by Crippen LogP contribution is 2.42. The molecule has 156 valence electrons. The summed E-state index contributed by atoms with van der Waals surface area (Å²) in [4.78, 5) is 1.94. The van der Waals surface area contributed by atoms with E-state index in [1.54, 1.807) is 0 Å². The summed E-state index contributed by atoms with van der Waals surface area (Å²) in [6.07, 6.45) is 1.65. The molecule has 0 fully saturated rings. The molecule has 0 spiro atoms. The van der Waals surface area contributed by atoms with E-state index >= 15 is 0 Å². The van der Waals surface area contributed by atoms with Crippen LogP contribution in [0.5, 0.6) is 11.5 Å². The Morgan fingerprint density at radius 2 is 1.77 bits per heavy atom. The molecule has 0 amide bonds. The summed E-state index contributed by atoms with van der Waals surface area (Å²) in [5.74, 6) is 1.49. The molecule has 30 heavy (non-hydrogen) atoms. The fourth-order valence-electron chi connectivity index (χ4n) is 3.99. The normalized spacial score (nSPS) is 16.0. The number of ether oxygens (including phenoxy) is 2. The number of aliphatic hydroxyl groups excluding tert-OH is 1. The van der Waals surface area contributed by atoms with Crippen LogP contribution < -0.4 is 9.47 Å². The fourth-order valence-corrected chi connectivity index (χ4v) is 3.99. The van der Waals surface area contributed by atoms with Crippen LogP contribution in [0.4, 0.5) is 0 Å². The van der Waals surface area contributed by atoms with Crippen molar-refractivity contribution in [2.24, 2.45) is 0 Å². The molecular weight excluding hydrogens is 374 g/mol. The molecule has 4 rings (SSSR count). The van der Waals surface area contributed by atoms with E-state index in [4.69, 9.17) is 9.47 Å². The predicted molar refractivity (Wildman–Crippen MR) is 122 cm³/mol. The number of aliphatic hydroxyl groups is 1. The first-order valence-corrected chi connectivity index (χ1v) is 10.3. The molecule has 0 aromatic heterocycles. The molecule has 1 heterocycles. The van der Waals surface area contributed by atoms with Gasteiger partial charge in [-0.3, -0.25) is 0 Å². The van der Waals surface area contributed by atoms with E-state index in [1.807, 2.05) is 37.2 Å². The Morgan fingerprint density at radius 3 is 2.57 bits per heavy atom. The lowest BCUT2D eigenvalue weighted by molar-refractivity contribution is 0.0826. The number of nitrogens with zero attached hydrogens (tertiary/aromatic N) is 1. The van der Waals surface area contributed by atoms with Gasteiger partial charge < -0.3 is 19.5 Å². The van der Waals surface area contributed by atoms with Crippen LogP contribution in [0.15, 0.2) is 66.7 Å². The van der Waals surface area contributed by atoms with Crippen LogP contribution in [-0.4, -0.2) is 49.0 Å². The Kier molecular flexibility index (Phi) is 5.54.